The lowest BCUT2D eigenvalue weighted by atomic mass is 10.2. The number of para-hydroxylation sites is 1. The molecule has 1 heterocycles. The Morgan fingerprint density at radius 2 is 1.35 bits per heavy atom. The fourth-order valence-electron chi connectivity index (χ4n) is 3.21. The van der Waals surface area contributed by atoms with E-state index >= 15 is 0 Å². The summed E-state index contributed by atoms with van der Waals surface area (Å²) in [6.45, 7) is 0. The van der Waals surface area contributed by atoms with Crippen molar-refractivity contribution in [3.8, 4) is 34.4 Å². The molecule has 0 atom stereocenters. The van der Waals surface area contributed by atoms with E-state index < -0.39 is 0 Å². The average molecular weight is 536 g/mol. The average Bonchev–Trinajstić information content (AvgIpc) is 3.19. The third-order valence-electron chi connectivity index (χ3n) is 4.67. The smallest absolute Gasteiger partial charge is 0.142 e. The zero-order chi connectivity index (χ0) is 21.2. The Labute approximate surface area is 196 Å². The minimum absolute atomic E-state index is 0.714. The Bertz CT molecular complexity index is 1350. The van der Waals surface area contributed by atoms with Gasteiger partial charge < -0.3 is 14.5 Å². The normalized spacial score (nSPS) is 10.9. The third kappa shape index (κ3) is 4.50. The van der Waals surface area contributed by atoms with E-state index in [9.17, 15) is 0 Å². The molecule has 5 rings (SSSR count). The van der Waals surface area contributed by atoms with Crippen molar-refractivity contribution >= 4 is 42.9 Å². The molecule has 0 aliphatic heterocycles. The van der Waals surface area contributed by atoms with Crippen LogP contribution in [0.3, 0.4) is 0 Å². The van der Waals surface area contributed by atoms with Gasteiger partial charge in [0.25, 0.3) is 0 Å². The molecule has 1 aromatic heterocycles. The summed E-state index contributed by atoms with van der Waals surface area (Å²) in [5.41, 5.74) is 2.61. The predicted octanol–water partition coefficient (Wildman–Crippen LogP) is 8.34. The van der Waals surface area contributed by atoms with E-state index in [0.717, 1.165) is 48.6 Å². The molecule has 0 fully saturated rings. The van der Waals surface area contributed by atoms with E-state index in [1.54, 1.807) is 0 Å². The molecule has 0 saturated heterocycles. The Kier molecular flexibility index (Phi) is 5.49. The second-order valence-electron chi connectivity index (χ2n) is 6.88. The number of benzene rings is 4. The maximum absolute atomic E-state index is 6.13. The van der Waals surface area contributed by atoms with Crippen molar-refractivity contribution in [1.29, 1.82) is 0 Å². The number of aromatic nitrogens is 2. The lowest BCUT2D eigenvalue weighted by molar-refractivity contribution is 0.483. The van der Waals surface area contributed by atoms with Crippen LogP contribution in [0.5, 0.6) is 23.0 Å². The number of fused-ring (bicyclic) bond motifs is 1. The fraction of sp³-hybridized carbons (Fsp3) is 0. The van der Waals surface area contributed by atoms with Gasteiger partial charge in [0.1, 0.15) is 28.8 Å². The van der Waals surface area contributed by atoms with Crippen LogP contribution in [0.2, 0.25) is 0 Å². The van der Waals surface area contributed by atoms with Crippen LogP contribution in [0.1, 0.15) is 0 Å². The molecule has 0 aliphatic rings. The lowest BCUT2D eigenvalue weighted by Crippen LogP contribution is -1.90. The summed E-state index contributed by atoms with van der Waals surface area (Å²) in [6.07, 6.45) is 0. The molecule has 4 nitrogen and oxygen atoms in total. The number of nitrogens with one attached hydrogen (secondary N) is 1. The zero-order valence-corrected chi connectivity index (χ0v) is 19.4. The summed E-state index contributed by atoms with van der Waals surface area (Å²) in [6, 6.07) is 29.1. The van der Waals surface area contributed by atoms with Gasteiger partial charge in [-0.3, -0.25) is 0 Å². The van der Waals surface area contributed by atoms with Crippen LogP contribution in [0.4, 0.5) is 0 Å². The molecule has 152 valence electrons. The largest absolute Gasteiger partial charge is 0.457 e. The summed E-state index contributed by atoms with van der Waals surface area (Å²) in [5.74, 6) is 3.72. The van der Waals surface area contributed by atoms with Gasteiger partial charge >= 0.3 is 0 Å². The van der Waals surface area contributed by atoms with Crippen molar-refractivity contribution in [1.82, 2.24) is 9.97 Å². The first-order valence-corrected chi connectivity index (χ1v) is 11.2. The van der Waals surface area contributed by atoms with Crippen molar-refractivity contribution in [3.05, 3.63) is 99.9 Å². The molecule has 0 unspecified atom stereocenters. The maximum Gasteiger partial charge on any atom is 0.142 e. The Balaban J connectivity index is 1.48. The predicted molar refractivity (Wildman–Crippen MR) is 130 cm³/mol. The number of rotatable bonds is 5. The molecule has 0 aliphatic carbocycles. The highest BCUT2D eigenvalue weighted by Gasteiger charge is 2.13. The van der Waals surface area contributed by atoms with Crippen LogP contribution in [0, 0.1) is 0 Å². The first-order chi connectivity index (χ1) is 15.1. The lowest BCUT2D eigenvalue weighted by Gasteiger charge is -2.10. The van der Waals surface area contributed by atoms with Crippen molar-refractivity contribution in [2.45, 2.75) is 0 Å². The SMILES string of the molecule is Brc1ccc(Oc2ccc3nc(-c4ccc(Br)cc4Oc4ccccc4)[nH]c3c2)cc1. The quantitative estimate of drug-likeness (QED) is 0.246. The van der Waals surface area contributed by atoms with Crippen LogP contribution < -0.4 is 9.47 Å². The topological polar surface area (TPSA) is 47.1 Å². The van der Waals surface area contributed by atoms with Gasteiger partial charge in [0, 0.05) is 15.0 Å². The molecule has 1 N–H and O–H groups in total. The number of hydrogen-bond donors (Lipinski definition) is 1. The Hall–Kier alpha value is -3.09. The summed E-state index contributed by atoms with van der Waals surface area (Å²) in [7, 11) is 0. The molecule has 31 heavy (non-hydrogen) atoms. The monoisotopic (exact) mass is 534 g/mol. The molecule has 0 saturated carbocycles. The maximum atomic E-state index is 6.13. The molecule has 0 amide bonds. The van der Waals surface area contributed by atoms with E-state index in [-0.39, 0.29) is 0 Å². The van der Waals surface area contributed by atoms with E-state index in [0.29, 0.717) is 5.75 Å². The fourth-order valence-corrected chi connectivity index (χ4v) is 3.81. The molecule has 4 aromatic carbocycles. The van der Waals surface area contributed by atoms with Gasteiger partial charge in [-0.1, -0.05) is 50.1 Å². The zero-order valence-electron chi connectivity index (χ0n) is 16.2. The Morgan fingerprint density at radius 3 is 2.16 bits per heavy atom. The number of nitrogens with zero attached hydrogens (tertiary/aromatic N) is 1. The van der Waals surface area contributed by atoms with E-state index in [2.05, 4.69) is 36.8 Å². The van der Waals surface area contributed by atoms with Gasteiger partial charge in [0.2, 0.25) is 0 Å². The van der Waals surface area contributed by atoms with Gasteiger partial charge in [0.15, 0.2) is 0 Å². The highest BCUT2D eigenvalue weighted by Crippen LogP contribution is 2.36. The van der Waals surface area contributed by atoms with Crippen molar-refractivity contribution in [3.63, 3.8) is 0 Å². The van der Waals surface area contributed by atoms with Crippen LogP contribution in [-0.2, 0) is 0 Å². The van der Waals surface area contributed by atoms with E-state index in [1.807, 2.05) is 91.0 Å². The molecule has 0 spiro atoms. The van der Waals surface area contributed by atoms with Crippen LogP contribution >= 0.6 is 31.9 Å². The first kappa shape index (κ1) is 19.8. The number of ether oxygens (including phenoxy) is 2. The van der Waals surface area contributed by atoms with Gasteiger partial charge in [-0.05, 0) is 66.7 Å². The molecule has 5 aromatic rings. The minimum atomic E-state index is 0.714. The van der Waals surface area contributed by atoms with Crippen molar-refractivity contribution < 1.29 is 9.47 Å². The first-order valence-electron chi connectivity index (χ1n) is 9.60. The minimum Gasteiger partial charge on any atom is -0.457 e. The number of imidazole rings is 1. The van der Waals surface area contributed by atoms with Crippen molar-refractivity contribution in [2.75, 3.05) is 0 Å². The summed E-state index contributed by atoms with van der Waals surface area (Å²) in [5, 5.41) is 0. The second-order valence-corrected chi connectivity index (χ2v) is 8.71. The van der Waals surface area contributed by atoms with E-state index in [4.69, 9.17) is 14.5 Å². The number of hydrogen-bond acceptors (Lipinski definition) is 3. The van der Waals surface area contributed by atoms with Crippen molar-refractivity contribution in [2.24, 2.45) is 0 Å². The van der Waals surface area contributed by atoms with Crippen LogP contribution in [0.15, 0.2) is 99.9 Å². The highest BCUT2D eigenvalue weighted by atomic mass is 79.9. The Morgan fingerprint density at radius 1 is 0.645 bits per heavy atom. The van der Waals surface area contributed by atoms with Crippen LogP contribution in [0.25, 0.3) is 22.4 Å². The van der Waals surface area contributed by atoms with Gasteiger partial charge in [-0.2, -0.15) is 0 Å². The summed E-state index contributed by atoms with van der Waals surface area (Å²) < 4.78 is 14.1. The number of H-pyrrole nitrogens is 1. The number of aromatic amines is 1. The molecular weight excluding hydrogens is 520 g/mol. The molecule has 6 heteroatoms. The second kappa shape index (κ2) is 8.57. The van der Waals surface area contributed by atoms with E-state index in [1.165, 1.54) is 0 Å². The summed E-state index contributed by atoms with van der Waals surface area (Å²) >= 11 is 6.97. The number of halogens is 2. The summed E-state index contributed by atoms with van der Waals surface area (Å²) in [4.78, 5) is 8.16. The molecular formula is C25H16Br2N2O2. The molecule has 0 radical (unpaired) electrons. The van der Waals surface area contributed by atoms with Gasteiger partial charge in [-0.25, -0.2) is 4.98 Å². The van der Waals surface area contributed by atoms with Gasteiger partial charge in [-0.15, -0.1) is 0 Å². The van der Waals surface area contributed by atoms with Gasteiger partial charge in [0.05, 0.1) is 16.6 Å². The third-order valence-corrected chi connectivity index (χ3v) is 5.69. The highest BCUT2D eigenvalue weighted by molar-refractivity contribution is 9.10. The standard InChI is InChI=1S/C25H16Br2N2O2/c26-16-6-9-19(10-7-16)30-20-11-13-22-23(15-20)29-25(28-22)21-12-8-17(27)14-24(21)31-18-4-2-1-3-5-18/h1-15H,(H,28,29). The molecule has 0 bridgehead atoms. The van der Waals surface area contributed by atoms with Crippen LogP contribution in [-0.4, -0.2) is 9.97 Å².